The highest BCUT2D eigenvalue weighted by Gasteiger charge is 2.20. The van der Waals surface area contributed by atoms with Crippen molar-refractivity contribution >= 4 is 0 Å². The average molecular weight is 261 g/mol. The fraction of sp³-hybridized carbons (Fsp3) is 0.688. The second-order valence-corrected chi connectivity index (χ2v) is 5.98. The van der Waals surface area contributed by atoms with Crippen molar-refractivity contribution in [2.45, 2.75) is 46.2 Å². The molecule has 106 valence electrons. The molecule has 0 aromatic carbocycles. The highest BCUT2D eigenvalue weighted by molar-refractivity contribution is 5.19. The molecule has 3 heteroatoms. The molecule has 1 fully saturated rings. The van der Waals surface area contributed by atoms with Gasteiger partial charge in [-0.05, 0) is 30.4 Å². The highest BCUT2D eigenvalue weighted by atomic mass is 15.2. The van der Waals surface area contributed by atoms with E-state index < -0.39 is 0 Å². The van der Waals surface area contributed by atoms with Crippen LogP contribution in [-0.4, -0.2) is 35.6 Å². The van der Waals surface area contributed by atoms with Crippen molar-refractivity contribution in [3.63, 3.8) is 0 Å². The summed E-state index contributed by atoms with van der Waals surface area (Å²) in [4.78, 5) is 7.11. The number of aromatic nitrogens is 1. The van der Waals surface area contributed by atoms with E-state index in [1.54, 1.807) is 0 Å². The first-order valence-corrected chi connectivity index (χ1v) is 7.57. The van der Waals surface area contributed by atoms with Gasteiger partial charge in [0.2, 0.25) is 0 Å². The molecule has 0 spiro atoms. The maximum atomic E-state index is 4.57. The highest BCUT2D eigenvalue weighted by Crippen LogP contribution is 2.14. The lowest BCUT2D eigenvalue weighted by Crippen LogP contribution is -2.50. The van der Waals surface area contributed by atoms with Crippen LogP contribution < -0.4 is 5.32 Å². The Labute approximate surface area is 117 Å². The summed E-state index contributed by atoms with van der Waals surface area (Å²) in [6.45, 7) is 11.2. The Bertz CT molecular complexity index is 389. The molecule has 2 rings (SSSR count). The van der Waals surface area contributed by atoms with Crippen LogP contribution in [0, 0.1) is 5.92 Å². The van der Waals surface area contributed by atoms with Crippen molar-refractivity contribution in [3.8, 4) is 0 Å². The SMILES string of the molecule is CCc1cccnc1CN1CCNC(CC(C)C)C1. The van der Waals surface area contributed by atoms with Gasteiger partial charge in [0.1, 0.15) is 0 Å². The molecule has 19 heavy (non-hydrogen) atoms. The van der Waals surface area contributed by atoms with Gasteiger partial charge in [0.05, 0.1) is 5.69 Å². The molecule has 1 saturated heterocycles. The zero-order valence-corrected chi connectivity index (χ0v) is 12.5. The Morgan fingerprint density at radius 2 is 2.32 bits per heavy atom. The predicted octanol–water partition coefficient (Wildman–Crippen LogP) is 2.46. The zero-order valence-electron chi connectivity index (χ0n) is 12.5. The Morgan fingerprint density at radius 3 is 3.05 bits per heavy atom. The molecule has 0 amide bonds. The lowest BCUT2D eigenvalue weighted by atomic mass is 10.0. The molecule has 1 aliphatic rings. The van der Waals surface area contributed by atoms with Gasteiger partial charge in [0, 0.05) is 38.4 Å². The molecule has 1 atom stereocenters. The van der Waals surface area contributed by atoms with Crippen LogP contribution in [0.15, 0.2) is 18.3 Å². The van der Waals surface area contributed by atoms with Crippen molar-refractivity contribution in [2.75, 3.05) is 19.6 Å². The number of pyridine rings is 1. The molecule has 1 N–H and O–H groups in total. The molecule has 0 saturated carbocycles. The standard InChI is InChI=1S/C16H27N3/c1-4-14-6-5-7-18-16(14)12-19-9-8-17-15(11-19)10-13(2)3/h5-7,13,15,17H,4,8-12H2,1-3H3. The molecule has 0 radical (unpaired) electrons. The van der Waals surface area contributed by atoms with E-state index in [9.17, 15) is 0 Å². The van der Waals surface area contributed by atoms with E-state index in [4.69, 9.17) is 0 Å². The van der Waals surface area contributed by atoms with Crippen LogP contribution in [0.5, 0.6) is 0 Å². The number of nitrogens with zero attached hydrogens (tertiary/aromatic N) is 2. The lowest BCUT2D eigenvalue weighted by Gasteiger charge is -2.34. The quantitative estimate of drug-likeness (QED) is 0.882. The number of hydrogen-bond donors (Lipinski definition) is 1. The predicted molar refractivity (Wildman–Crippen MR) is 80.1 cm³/mol. The van der Waals surface area contributed by atoms with Gasteiger partial charge in [-0.2, -0.15) is 0 Å². The zero-order chi connectivity index (χ0) is 13.7. The van der Waals surface area contributed by atoms with Crippen molar-refractivity contribution in [1.29, 1.82) is 0 Å². The topological polar surface area (TPSA) is 28.2 Å². The largest absolute Gasteiger partial charge is 0.311 e. The molecule has 1 aromatic heterocycles. The number of nitrogens with one attached hydrogen (secondary N) is 1. The third-order valence-electron chi connectivity index (χ3n) is 3.83. The van der Waals surface area contributed by atoms with Gasteiger partial charge in [-0.15, -0.1) is 0 Å². The summed E-state index contributed by atoms with van der Waals surface area (Å²) >= 11 is 0. The fourth-order valence-electron chi connectivity index (χ4n) is 2.91. The molecule has 0 aliphatic carbocycles. The van der Waals surface area contributed by atoms with Crippen molar-refractivity contribution < 1.29 is 0 Å². The average Bonchev–Trinajstić information content (AvgIpc) is 2.39. The fourth-order valence-corrected chi connectivity index (χ4v) is 2.91. The number of piperazine rings is 1. The number of aryl methyl sites for hydroxylation is 1. The summed E-state index contributed by atoms with van der Waals surface area (Å²) in [6.07, 6.45) is 4.26. The third kappa shape index (κ3) is 4.29. The Hall–Kier alpha value is -0.930. The van der Waals surface area contributed by atoms with E-state index in [-0.39, 0.29) is 0 Å². The molecule has 1 aliphatic heterocycles. The summed E-state index contributed by atoms with van der Waals surface area (Å²) in [5.41, 5.74) is 2.65. The van der Waals surface area contributed by atoms with E-state index in [0.29, 0.717) is 6.04 Å². The minimum absolute atomic E-state index is 0.641. The summed E-state index contributed by atoms with van der Waals surface area (Å²) in [5, 5.41) is 3.63. The van der Waals surface area contributed by atoms with Crippen LogP contribution in [0.4, 0.5) is 0 Å². The van der Waals surface area contributed by atoms with Crippen LogP contribution >= 0.6 is 0 Å². The van der Waals surface area contributed by atoms with Crippen molar-refractivity contribution in [1.82, 2.24) is 15.2 Å². The molecule has 1 unspecified atom stereocenters. The van der Waals surface area contributed by atoms with Gasteiger partial charge in [-0.25, -0.2) is 0 Å². The smallest absolute Gasteiger partial charge is 0.0575 e. The van der Waals surface area contributed by atoms with Gasteiger partial charge >= 0.3 is 0 Å². The van der Waals surface area contributed by atoms with Gasteiger partial charge in [0.25, 0.3) is 0 Å². The first-order chi connectivity index (χ1) is 9.19. The van der Waals surface area contributed by atoms with Gasteiger partial charge in [-0.1, -0.05) is 26.8 Å². The van der Waals surface area contributed by atoms with Crippen LogP contribution in [0.25, 0.3) is 0 Å². The van der Waals surface area contributed by atoms with Gasteiger partial charge in [0.15, 0.2) is 0 Å². The minimum atomic E-state index is 0.641. The molecule has 3 nitrogen and oxygen atoms in total. The maximum absolute atomic E-state index is 4.57. The monoisotopic (exact) mass is 261 g/mol. The maximum Gasteiger partial charge on any atom is 0.0575 e. The Kier molecular flexibility index (Phi) is 5.34. The van der Waals surface area contributed by atoms with Crippen LogP contribution in [-0.2, 0) is 13.0 Å². The normalized spacial score (nSPS) is 20.9. The van der Waals surface area contributed by atoms with E-state index >= 15 is 0 Å². The van der Waals surface area contributed by atoms with Gasteiger partial charge in [-0.3, -0.25) is 9.88 Å². The van der Waals surface area contributed by atoms with E-state index in [1.807, 2.05) is 12.3 Å². The second kappa shape index (κ2) is 7.01. The number of rotatable bonds is 5. The van der Waals surface area contributed by atoms with Crippen LogP contribution in [0.1, 0.15) is 38.4 Å². The molecular formula is C16H27N3. The Morgan fingerprint density at radius 1 is 1.47 bits per heavy atom. The Balaban J connectivity index is 1.95. The third-order valence-corrected chi connectivity index (χ3v) is 3.83. The molecule has 2 heterocycles. The summed E-state index contributed by atoms with van der Waals surface area (Å²) in [6, 6.07) is 4.89. The van der Waals surface area contributed by atoms with Gasteiger partial charge < -0.3 is 5.32 Å². The van der Waals surface area contributed by atoms with E-state index in [0.717, 1.165) is 38.5 Å². The lowest BCUT2D eigenvalue weighted by molar-refractivity contribution is 0.177. The van der Waals surface area contributed by atoms with Crippen LogP contribution in [0.2, 0.25) is 0 Å². The summed E-state index contributed by atoms with van der Waals surface area (Å²) < 4.78 is 0. The summed E-state index contributed by atoms with van der Waals surface area (Å²) in [7, 11) is 0. The summed E-state index contributed by atoms with van der Waals surface area (Å²) in [5.74, 6) is 0.763. The first kappa shape index (κ1) is 14.5. The van der Waals surface area contributed by atoms with Crippen LogP contribution in [0.3, 0.4) is 0 Å². The second-order valence-electron chi connectivity index (χ2n) is 5.98. The molecule has 0 bridgehead atoms. The van der Waals surface area contributed by atoms with E-state index in [2.05, 4.69) is 42.0 Å². The van der Waals surface area contributed by atoms with Crippen molar-refractivity contribution in [2.24, 2.45) is 5.92 Å². The first-order valence-electron chi connectivity index (χ1n) is 7.57. The van der Waals surface area contributed by atoms with Crippen molar-refractivity contribution in [3.05, 3.63) is 29.6 Å². The number of hydrogen-bond acceptors (Lipinski definition) is 3. The van der Waals surface area contributed by atoms with E-state index in [1.165, 1.54) is 17.7 Å². The minimum Gasteiger partial charge on any atom is -0.311 e. The molecular weight excluding hydrogens is 234 g/mol. The molecule has 1 aromatic rings.